The number of hydrogen-bond donors (Lipinski definition) is 3. The van der Waals surface area contributed by atoms with E-state index in [-0.39, 0.29) is 36.4 Å². The number of aliphatic hydroxyl groups is 3. The quantitative estimate of drug-likeness (QED) is 0.444. The van der Waals surface area contributed by atoms with E-state index in [1.165, 1.54) is 6.92 Å². The molecule has 6 rings (SSSR count). The molecule has 1 spiro atoms. The Labute approximate surface area is 207 Å². The molecule has 6 aliphatic rings. The summed E-state index contributed by atoms with van der Waals surface area (Å²) in [6.45, 7) is 5.17. The van der Waals surface area contributed by atoms with Crippen LogP contribution in [-0.2, 0) is 23.7 Å². The maximum absolute atomic E-state index is 13.0. The minimum absolute atomic E-state index is 0.0616. The van der Waals surface area contributed by atoms with Crippen molar-refractivity contribution in [2.75, 3.05) is 41.0 Å². The van der Waals surface area contributed by atoms with E-state index in [9.17, 15) is 20.1 Å². The second-order valence-corrected chi connectivity index (χ2v) is 12.3. The van der Waals surface area contributed by atoms with Crippen LogP contribution in [0.4, 0.5) is 0 Å². The highest BCUT2D eigenvalue weighted by Gasteiger charge is 2.92. The summed E-state index contributed by atoms with van der Waals surface area (Å²) in [5, 5.41) is 37.8. The van der Waals surface area contributed by atoms with E-state index in [2.05, 4.69) is 11.8 Å². The van der Waals surface area contributed by atoms with Crippen LogP contribution in [-0.4, -0.2) is 109 Å². The van der Waals surface area contributed by atoms with Crippen LogP contribution in [0.15, 0.2) is 0 Å². The largest absolute Gasteiger partial charge is 0.459 e. The molecule has 0 aromatic rings. The highest BCUT2D eigenvalue weighted by molar-refractivity contribution is 5.67. The van der Waals surface area contributed by atoms with Gasteiger partial charge in [0.1, 0.15) is 17.3 Å². The fourth-order valence-corrected chi connectivity index (χ4v) is 11.0. The molecule has 3 N–H and O–H groups in total. The first-order valence-corrected chi connectivity index (χ1v) is 13.2. The number of rotatable bonds is 6. The summed E-state index contributed by atoms with van der Waals surface area (Å²) in [6, 6.07) is -0.548. The van der Waals surface area contributed by atoms with Gasteiger partial charge in [0.2, 0.25) is 0 Å². The van der Waals surface area contributed by atoms with Crippen LogP contribution >= 0.6 is 0 Å². The van der Waals surface area contributed by atoms with Crippen LogP contribution in [0.25, 0.3) is 0 Å². The van der Waals surface area contributed by atoms with Crippen molar-refractivity contribution in [3.05, 3.63) is 0 Å². The van der Waals surface area contributed by atoms with Gasteiger partial charge in [-0.15, -0.1) is 0 Å². The number of fused-ring (bicyclic) bond motifs is 2. The van der Waals surface area contributed by atoms with Crippen molar-refractivity contribution >= 4 is 5.97 Å². The second-order valence-electron chi connectivity index (χ2n) is 12.3. The predicted octanol–water partition coefficient (Wildman–Crippen LogP) is 0.188. The summed E-state index contributed by atoms with van der Waals surface area (Å²) in [5.74, 6) is -1.27. The molecule has 1 unspecified atom stereocenters. The Balaban J connectivity index is 1.68. The zero-order valence-corrected chi connectivity index (χ0v) is 21.5. The van der Waals surface area contributed by atoms with Gasteiger partial charge in [0.25, 0.3) is 0 Å². The monoisotopic (exact) mass is 495 g/mol. The first-order valence-electron chi connectivity index (χ1n) is 13.2. The lowest BCUT2D eigenvalue weighted by atomic mass is 9.42. The van der Waals surface area contributed by atoms with E-state index in [0.29, 0.717) is 32.5 Å². The van der Waals surface area contributed by atoms with Crippen LogP contribution in [0.2, 0.25) is 0 Å². The number of hydrogen-bond acceptors (Lipinski definition) is 9. The predicted molar refractivity (Wildman–Crippen MR) is 123 cm³/mol. The van der Waals surface area contributed by atoms with Crippen molar-refractivity contribution in [1.82, 2.24) is 4.90 Å². The van der Waals surface area contributed by atoms with Crippen molar-refractivity contribution in [2.24, 2.45) is 34.5 Å². The molecule has 0 radical (unpaired) electrons. The smallest absolute Gasteiger partial charge is 0.303 e. The van der Waals surface area contributed by atoms with Crippen LogP contribution in [0.3, 0.4) is 0 Å². The average molecular weight is 496 g/mol. The van der Waals surface area contributed by atoms with Crippen molar-refractivity contribution < 1.29 is 39.1 Å². The van der Waals surface area contributed by atoms with Gasteiger partial charge in [-0.05, 0) is 31.7 Å². The zero-order valence-electron chi connectivity index (χ0n) is 21.5. The molecule has 0 aromatic carbocycles. The molecule has 1 aliphatic heterocycles. The summed E-state index contributed by atoms with van der Waals surface area (Å²) < 4.78 is 23.8. The normalized spacial score (nSPS) is 57.9. The summed E-state index contributed by atoms with van der Waals surface area (Å²) >= 11 is 0. The molecule has 1 saturated heterocycles. The van der Waals surface area contributed by atoms with Crippen LogP contribution in [0.5, 0.6) is 0 Å². The van der Waals surface area contributed by atoms with Gasteiger partial charge >= 0.3 is 5.97 Å². The van der Waals surface area contributed by atoms with Crippen LogP contribution in [0, 0.1) is 34.5 Å². The van der Waals surface area contributed by atoms with Crippen LogP contribution in [0.1, 0.15) is 39.5 Å². The van der Waals surface area contributed by atoms with Gasteiger partial charge in [0, 0.05) is 69.8 Å². The van der Waals surface area contributed by atoms with E-state index in [4.69, 9.17) is 18.9 Å². The van der Waals surface area contributed by atoms with Gasteiger partial charge < -0.3 is 34.3 Å². The Morgan fingerprint density at radius 3 is 2.51 bits per heavy atom. The Morgan fingerprint density at radius 1 is 1.17 bits per heavy atom. The molecule has 0 amide bonds. The lowest BCUT2D eigenvalue weighted by molar-refractivity contribution is -0.318. The second kappa shape index (κ2) is 7.62. The van der Waals surface area contributed by atoms with E-state index in [1.54, 1.807) is 21.3 Å². The van der Waals surface area contributed by atoms with E-state index >= 15 is 0 Å². The van der Waals surface area contributed by atoms with Crippen molar-refractivity contribution in [2.45, 2.75) is 81.2 Å². The third kappa shape index (κ3) is 2.48. The molecular formula is C26H41NO8. The van der Waals surface area contributed by atoms with Crippen molar-refractivity contribution in [3.8, 4) is 0 Å². The molecule has 13 atom stereocenters. The van der Waals surface area contributed by atoms with E-state index in [1.807, 2.05) is 0 Å². The number of carbonyl (C=O) groups is 1. The van der Waals surface area contributed by atoms with E-state index < -0.39 is 52.2 Å². The summed E-state index contributed by atoms with van der Waals surface area (Å²) in [7, 11) is 4.98. The zero-order chi connectivity index (χ0) is 25.1. The van der Waals surface area contributed by atoms with Crippen molar-refractivity contribution in [1.29, 1.82) is 0 Å². The molecule has 5 saturated carbocycles. The molecule has 9 nitrogen and oxygen atoms in total. The van der Waals surface area contributed by atoms with Crippen LogP contribution < -0.4 is 0 Å². The fraction of sp³-hybridized carbons (Fsp3) is 0.962. The Hall–Kier alpha value is -0.810. The number of ether oxygens (including phenoxy) is 4. The SMILES string of the molecule is CCN1C[C@]2(COC)CC[C@H](O)[C@]34C1[C@](O)([C@@H](OC(C)=O)[C@H]23)[C@@]1(O)C[C@H](OC)[C@H]2C[C@@H]4[C@@H]1[C@H]2OC. The summed E-state index contributed by atoms with van der Waals surface area (Å²) in [6.07, 6.45) is -0.00237. The van der Waals surface area contributed by atoms with Crippen molar-refractivity contribution in [3.63, 3.8) is 0 Å². The number of carbonyl (C=O) groups excluding carboxylic acids is 1. The summed E-state index contributed by atoms with van der Waals surface area (Å²) in [5.41, 5.74) is -4.56. The van der Waals surface area contributed by atoms with E-state index in [0.717, 1.165) is 6.42 Å². The average Bonchev–Trinajstić information content (AvgIpc) is 3.24. The number of aliphatic hydroxyl groups excluding tert-OH is 1. The van der Waals surface area contributed by atoms with Gasteiger partial charge in [0.15, 0.2) is 0 Å². The first kappa shape index (κ1) is 24.5. The van der Waals surface area contributed by atoms with Gasteiger partial charge in [-0.3, -0.25) is 9.69 Å². The van der Waals surface area contributed by atoms with Gasteiger partial charge in [-0.2, -0.15) is 0 Å². The molecule has 0 aromatic heterocycles. The molecule has 1 heterocycles. The topological polar surface area (TPSA) is 118 Å². The number of esters is 1. The third-order valence-corrected chi connectivity index (χ3v) is 11.5. The maximum Gasteiger partial charge on any atom is 0.303 e. The Bertz CT molecular complexity index is 903. The van der Waals surface area contributed by atoms with Gasteiger partial charge in [0.05, 0.1) is 31.0 Å². The number of methoxy groups -OCH3 is 3. The minimum Gasteiger partial charge on any atom is -0.459 e. The van der Waals surface area contributed by atoms with Gasteiger partial charge in [-0.1, -0.05) is 6.92 Å². The minimum atomic E-state index is -1.79. The fourth-order valence-electron chi connectivity index (χ4n) is 11.0. The molecule has 9 heteroatoms. The molecule has 7 bridgehead atoms. The molecule has 35 heavy (non-hydrogen) atoms. The molecular weight excluding hydrogens is 454 g/mol. The van der Waals surface area contributed by atoms with Gasteiger partial charge in [-0.25, -0.2) is 0 Å². The highest BCUT2D eigenvalue weighted by atomic mass is 16.6. The first-order chi connectivity index (χ1) is 16.6. The molecule has 5 aliphatic carbocycles. The number of nitrogens with zero attached hydrogens (tertiary/aromatic N) is 1. The number of likely N-dealkylation sites (N-methyl/N-ethyl adjacent to an activating group) is 1. The lowest BCUT2D eigenvalue weighted by Crippen LogP contribution is -2.82. The highest BCUT2D eigenvalue weighted by Crippen LogP contribution is 2.80. The number of piperidine rings is 1. The third-order valence-electron chi connectivity index (χ3n) is 11.5. The molecule has 198 valence electrons. The Morgan fingerprint density at radius 2 is 1.91 bits per heavy atom. The summed E-state index contributed by atoms with van der Waals surface area (Å²) in [4.78, 5) is 14.8. The standard InChI is InChI=1S/C26H41NO8/c1-6-27-11-23(12-32-3)8-7-17(29)25-15-9-14-16(33-4)10-24(30,18(15)19(14)34-5)26(31,22(25)27)21(20(23)25)35-13(2)28/h14-22,29-31H,6-12H2,1-5H3/t14-,15-,16+,17+,18-,19+,20-,21+,22?,23+,24-,25+,26-/m1/s1. The Kier molecular flexibility index (Phi) is 5.34. The molecule has 6 fully saturated rings. The maximum atomic E-state index is 13.0. The lowest BCUT2D eigenvalue weighted by Gasteiger charge is -2.69. The number of likely N-dealkylation sites (tertiary alicyclic amines) is 1.